The number of sulfonamides is 1. The van der Waals surface area contributed by atoms with Gasteiger partial charge in [0, 0.05) is 6.54 Å². The van der Waals surface area contributed by atoms with E-state index in [1.165, 1.54) is 0 Å². The molecule has 0 saturated carbocycles. The average molecular weight is 183 g/mol. The van der Waals surface area contributed by atoms with Gasteiger partial charge in [-0.25, -0.2) is 8.42 Å². The minimum atomic E-state index is -2.82. The van der Waals surface area contributed by atoms with E-state index in [0.29, 0.717) is 5.75 Å². The first-order valence-electron chi connectivity index (χ1n) is 3.22. The summed E-state index contributed by atoms with van der Waals surface area (Å²) >= 11 is -0.444. The summed E-state index contributed by atoms with van der Waals surface area (Å²) in [5.41, 5.74) is 0. The van der Waals surface area contributed by atoms with Crippen LogP contribution in [0.5, 0.6) is 0 Å². The van der Waals surface area contributed by atoms with E-state index in [2.05, 4.69) is 0 Å². The smallest absolute Gasteiger partial charge is 0.211 e. The van der Waals surface area contributed by atoms with Crippen LogP contribution in [0.25, 0.3) is 0 Å². The maximum absolute atomic E-state index is 11.1. The van der Waals surface area contributed by atoms with Crippen LogP contribution in [0, 0.1) is 0 Å². The first kappa shape index (κ1) is 8.36. The zero-order valence-electron chi connectivity index (χ0n) is 6.24. The van der Waals surface area contributed by atoms with Crippen LogP contribution in [-0.2, 0) is 10.0 Å². The molecular formula is C5H13NO2S2. The first-order valence-corrected chi connectivity index (χ1v) is 7.01. The molecule has 0 radical (unpaired) electrons. The molecule has 0 spiro atoms. The fourth-order valence-corrected chi connectivity index (χ4v) is 4.96. The van der Waals surface area contributed by atoms with E-state index in [1.54, 1.807) is 3.71 Å². The van der Waals surface area contributed by atoms with Crippen molar-refractivity contribution >= 4 is 21.1 Å². The highest BCUT2D eigenvalue weighted by Gasteiger charge is 2.28. The second kappa shape index (κ2) is 2.71. The normalized spacial score (nSPS) is 26.8. The molecule has 62 valence electrons. The maximum Gasteiger partial charge on any atom is 0.221 e. The molecule has 1 saturated heterocycles. The molecule has 0 unspecified atom stereocenters. The summed E-state index contributed by atoms with van der Waals surface area (Å²) in [5.74, 6) is 0.355. The quantitative estimate of drug-likeness (QED) is 0.590. The minimum Gasteiger partial charge on any atom is -0.211 e. The van der Waals surface area contributed by atoms with Crippen molar-refractivity contribution < 1.29 is 8.42 Å². The van der Waals surface area contributed by atoms with Crippen molar-refractivity contribution in [2.45, 2.75) is 6.42 Å². The topological polar surface area (TPSA) is 37.4 Å². The summed E-state index contributed by atoms with van der Waals surface area (Å²) in [4.78, 5) is 0. The lowest BCUT2D eigenvalue weighted by Crippen LogP contribution is -2.21. The summed E-state index contributed by atoms with van der Waals surface area (Å²) in [5, 5.41) is 0. The van der Waals surface area contributed by atoms with E-state index in [1.807, 2.05) is 12.5 Å². The zero-order chi connectivity index (χ0) is 7.78. The molecule has 1 aliphatic rings. The highest BCUT2D eigenvalue weighted by atomic mass is 32.3. The van der Waals surface area contributed by atoms with Crippen molar-refractivity contribution in [3.8, 4) is 0 Å². The van der Waals surface area contributed by atoms with E-state index >= 15 is 0 Å². The molecule has 0 atom stereocenters. The van der Waals surface area contributed by atoms with Gasteiger partial charge >= 0.3 is 0 Å². The Bertz CT molecular complexity index is 210. The molecular weight excluding hydrogens is 170 g/mol. The Morgan fingerprint density at radius 2 is 2.00 bits per heavy atom. The molecule has 10 heavy (non-hydrogen) atoms. The number of nitrogens with zero attached hydrogens (tertiary/aromatic N) is 1. The van der Waals surface area contributed by atoms with Gasteiger partial charge in [0.05, 0.1) is 5.75 Å². The summed E-state index contributed by atoms with van der Waals surface area (Å²) in [6, 6.07) is 0. The van der Waals surface area contributed by atoms with Gasteiger partial charge in [-0.1, -0.05) is 0 Å². The number of hydrogen-bond acceptors (Lipinski definition) is 2. The third-order valence-electron chi connectivity index (χ3n) is 1.52. The molecule has 0 N–H and O–H groups in total. The second-order valence-corrected chi connectivity index (χ2v) is 7.02. The SMILES string of the molecule is C[SH](C)N1CCCS1(=O)=O. The van der Waals surface area contributed by atoms with Crippen molar-refractivity contribution in [2.24, 2.45) is 0 Å². The summed E-state index contributed by atoms with van der Waals surface area (Å²) in [6.45, 7) is 0.737. The van der Waals surface area contributed by atoms with Crippen LogP contribution in [0.4, 0.5) is 0 Å². The first-order chi connectivity index (χ1) is 4.54. The van der Waals surface area contributed by atoms with E-state index < -0.39 is 21.1 Å². The standard InChI is InChI=1S/C5H13NO2S2/c1-9(2)6-4-3-5-10(6,7)8/h9H,3-5H2,1-2H3. The van der Waals surface area contributed by atoms with Gasteiger partial charge in [0.25, 0.3) is 0 Å². The van der Waals surface area contributed by atoms with Gasteiger partial charge in [-0.05, 0) is 18.9 Å². The average Bonchev–Trinajstić information content (AvgIpc) is 2.08. The molecule has 0 aromatic heterocycles. The van der Waals surface area contributed by atoms with Crippen LogP contribution in [0.1, 0.15) is 6.42 Å². The van der Waals surface area contributed by atoms with Crippen LogP contribution in [0.2, 0.25) is 0 Å². The van der Waals surface area contributed by atoms with Crippen LogP contribution < -0.4 is 0 Å². The lowest BCUT2D eigenvalue weighted by molar-refractivity contribution is 0.567. The fourth-order valence-electron chi connectivity index (χ4n) is 1.08. The lowest BCUT2D eigenvalue weighted by Gasteiger charge is -2.21. The third-order valence-corrected chi connectivity index (χ3v) is 5.97. The molecule has 1 heterocycles. The van der Waals surface area contributed by atoms with Crippen LogP contribution in [0.15, 0.2) is 0 Å². The Morgan fingerprint density at radius 3 is 2.20 bits per heavy atom. The Hall–Kier alpha value is 0.260. The van der Waals surface area contributed by atoms with Crippen LogP contribution in [0.3, 0.4) is 0 Å². The monoisotopic (exact) mass is 183 g/mol. The van der Waals surface area contributed by atoms with Crippen molar-refractivity contribution in [1.82, 2.24) is 3.71 Å². The van der Waals surface area contributed by atoms with Crippen LogP contribution in [-0.4, -0.2) is 36.9 Å². The van der Waals surface area contributed by atoms with Crippen molar-refractivity contribution in [3.05, 3.63) is 0 Å². The lowest BCUT2D eigenvalue weighted by atomic mass is 10.5. The Kier molecular flexibility index (Phi) is 2.27. The maximum atomic E-state index is 11.1. The third kappa shape index (κ3) is 1.46. The minimum absolute atomic E-state index is 0.355. The molecule has 1 fully saturated rings. The molecule has 5 heteroatoms. The fraction of sp³-hybridized carbons (Fsp3) is 1.00. The molecule has 0 aliphatic carbocycles. The number of hydrogen-bond donors (Lipinski definition) is 1. The Morgan fingerprint density at radius 1 is 1.40 bits per heavy atom. The largest absolute Gasteiger partial charge is 0.221 e. The second-order valence-electron chi connectivity index (χ2n) is 2.56. The van der Waals surface area contributed by atoms with E-state index in [0.717, 1.165) is 13.0 Å². The van der Waals surface area contributed by atoms with Crippen molar-refractivity contribution in [3.63, 3.8) is 0 Å². The van der Waals surface area contributed by atoms with Crippen LogP contribution >= 0.6 is 11.1 Å². The van der Waals surface area contributed by atoms with Gasteiger partial charge in [-0.15, -0.1) is 0 Å². The predicted octanol–water partition coefficient (Wildman–Crippen LogP) is 0.198. The number of rotatable bonds is 1. The van der Waals surface area contributed by atoms with Gasteiger partial charge in [0.2, 0.25) is 10.0 Å². The molecule has 0 amide bonds. The predicted molar refractivity (Wildman–Crippen MR) is 45.9 cm³/mol. The summed E-state index contributed by atoms with van der Waals surface area (Å²) in [7, 11) is -2.82. The number of thiol groups is 1. The van der Waals surface area contributed by atoms with Gasteiger partial charge in [0.15, 0.2) is 0 Å². The highest BCUT2D eigenvalue weighted by molar-refractivity contribution is 8.20. The highest BCUT2D eigenvalue weighted by Crippen LogP contribution is 2.30. The van der Waals surface area contributed by atoms with Crippen molar-refractivity contribution in [1.29, 1.82) is 0 Å². The van der Waals surface area contributed by atoms with E-state index in [4.69, 9.17) is 0 Å². The summed E-state index contributed by atoms with van der Waals surface area (Å²) < 4.78 is 23.9. The molecule has 0 aromatic carbocycles. The Balaban J connectivity index is 2.79. The van der Waals surface area contributed by atoms with Crippen molar-refractivity contribution in [2.75, 3.05) is 24.8 Å². The summed E-state index contributed by atoms with van der Waals surface area (Å²) in [6.07, 6.45) is 4.75. The van der Waals surface area contributed by atoms with Gasteiger partial charge in [0.1, 0.15) is 0 Å². The zero-order valence-corrected chi connectivity index (χ0v) is 7.95. The molecule has 0 bridgehead atoms. The molecule has 1 aliphatic heterocycles. The van der Waals surface area contributed by atoms with Gasteiger partial charge < -0.3 is 0 Å². The molecule has 0 aromatic rings. The van der Waals surface area contributed by atoms with E-state index in [9.17, 15) is 8.42 Å². The molecule has 3 nitrogen and oxygen atoms in total. The van der Waals surface area contributed by atoms with E-state index in [-0.39, 0.29) is 0 Å². The van der Waals surface area contributed by atoms with Gasteiger partial charge in [-0.3, -0.25) is 0 Å². The molecule has 1 rings (SSSR count). The van der Waals surface area contributed by atoms with Gasteiger partial charge in [-0.2, -0.15) is 14.8 Å². The Labute approximate surface area is 64.9 Å².